The predicted octanol–water partition coefficient (Wildman–Crippen LogP) is 2.19. The minimum atomic E-state index is -6.25. The molecule has 2 rings (SSSR count). The van der Waals surface area contributed by atoms with E-state index in [1.54, 1.807) is 10.6 Å². The zero-order valence-electron chi connectivity index (χ0n) is 16.8. The smallest absolute Gasteiger partial charge is 0.306 e. The molecule has 0 aliphatic heterocycles. The molecule has 4 N–H and O–H groups in total. The summed E-state index contributed by atoms with van der Waals surface area (Å²) in [5.41, 5.74) is -14.8. The van der Waals surface area contributed by atoms with Gasteiger partial charge in [0.1, 0.15) is 0 Å². The minimum Gasteiger partial charge on any atom is -0.306 e. The van der Waals surface area contributed by atoms with Gasteiger partial charge in [-0.2, -0.15) is 43.2 Å². The topological polar surface area (TPSA) is 151 Å². The first-order valence-electron chi connectivity index (χ1n) is 8.85. The van der Waals surface area contributed by atoms with Crippen LogP contribution in [0, 0.1) is 0 Å². The summed E-state index contributed by atoms with van der Waals surface area (Å²) in [6.45, 7) is 0. The zero-order valence-corrected chi connectivity index (χ0v) is 18.4. The number of rotatable bonds is 6. The van der Waals surface area contributed by atoms with Gasteiger partial charge in [-0.3, -0.25) is 0 Å². The molecule has 4 amide bonds. The normalized spacial score (nSPS) is 13.0. The van der Waals surface area contributed by atoms with E-state index in [0.29, 0.717) is 9.44 Å². The average molecular weight is 548 g/mol. The number of benzene rings is 2. The summed E-state index contributed by atoms with van der Waals surface area (Å²) in [4.78, 5) is 24.6. The van der Waals surface area contributed by atoms with Crippen molar-refractivity contribution in [3.8, 4) is 0 Å². The molecule has 0 saturated carbocycles. The van der Waals surface area contributed by atoms with Crippen LogP contribution in [0.15, 0.2) is 60.7 Å². The second kappa shape index (κ2) is 9.61. The Balaban J connectivity index is 2.62. The second-order valence-electron chi connectivity index (χ2n) is 6.49. The molecule has 0 radical (unpaired) electrons. The van der Waals surface area contributed by atoms with Crippen molar-refractivity contribution in [1.29, 1.82) is 0 Å². The monoisotopic (exact) mass is 548 g/mol. The molecule has 0 heterocycles. The number of alkyl halides is 6. The van der Waals surface area contributed by atoms with Gasteiger partial charge in [-0.25, -0.2) is 19.0 Å². The fourth-order valence-electron chi connectivity index (χ4n) is 2.61. The number of halogens is 6. The molecular weight excluding hydrogens is 534 g/mol. The van der Waals surface area contributed by atoms with E-state index < -0.39 is 48.8 Å². The van der Waals surface area contributed by atoms with Gasteiger partial charge in [-0.05, 0) is 0 Å². The van der Waals surface area contributed by atoms with E-state index >= 15 is 0 Å². The third-order valence-electron chi connectivity index (χ3n) is 4.08. The Morgan fingerprint density at radius 3 is 1.11 bits per heavy atom. The van der Waals surface area contributed by atoms with Crippen LogP contribution in [0.4, 0.5) is 35.9 Å². The van der Waals surface area contributed by atoms with Gasteiger partial charge in [0.15, 0.2) is 5.66 Å². The van der Waals surface area contributed by atoms with E-state index in [2.05, 4.69) is 0 Å². The molecule has 0 fully saturated rings. The van der Waals surface area contributed by atoms with Gasteiger partial charge in [-0.1, -0.05) is 60.7 Å². The SMILES string of the molecule is O=C(NC(NC(=O)NS(=O)(=O)C(F)(F)F)(c1ccccc1)c1ccccc1)NS(=O)(=O)C(F)(F)F. The lowest BCUT2D eigenvalue weighted by atomic mass is 9.91. The minimum absolute atomic E-state index is 0.217. The molecule has 18 heteroatoms. The van der Waals surface area contributed by atoms with Crippen LogP contribution in [-0.4, -0.2) is 39.9 Å². The average Bonchev–Trinajstić information content (AvgIpc) is 2.72. The first kappa shape index (κ1) is 27.7. The largest absolute Gasteiger partial charge is 0.516 e. The Hall–Kier alpha value is -3.54. The van der Waals surface area contributed by atoms with Crippen LogP contribution in [0.5, 0.6) is 0 Å². The number of amides is 4. The van der Waals surface area contributed by atoms with E-state index in [1.165, 1.54) is 36.4 Å². The van der Waals surface area contributed by atoms with E-state index in [-0.39, 0.29) is 11.1 Å². The van der Waals surface area contributed by atoms with Gasteiger partial charge in [0.25, 0.3) is 0 Å². The number of sulfonamides is 2. The summed E-state index contributed by atoms with van der Waals surface area (Å²) >= 11 is 0. The highest BCUT2D eigenvalue weighted by atomic mass is 32.2. The van der Waals surface area contributed by atoms with Crippen molar-refractivity contribution in [2.45, 2.75) is 16.7 Å². The van der Waals surface area contributed by atoms with Gasteiger partial charge in [0.2, 0.25) is 0 Å². The molecule has 0 aliphatic rings. The first-order chi connectivity index (χ1) is 15.9. The molecule has 0 aromatic heterocycles. The Labute approximate surface area is 193 Å². The molecule has 10 nitrogen and oxygen atoms in total. The van der Waals surface area contributed by atoms with Crippen molar-refractivity contribution in [3.05, 3.63) is 71.8 Å². The van der Waals surface area contributed by atoms with Crippen molar-refractivity contribution in [1.82, 2.24) is 20.1 Å². The summed E-state index contributed by atoms with van der Waals surface area (Å²) in [5.74, 6) is 0. The first-order valence-corrected chi connectivity index (χ1v) is 11.8. The standard InChI is InChI=1S/C17H14F6N4O6S2/c18-16(19,20)34(30,31)26-13(28)24-15(11-7-3-1-4-8-11,12-9-5-2-6-10-12)25-14(29)27-35(32,33)17(21,22)23/h1-10H,(H2,24,26,28)(H2,25,27,29). The molecule has 0 unspecified atom stereocenters. The molecule has 192 valence electrons. The number of carbonyl (C=O) groups excluding carboxylic acids is 2. The van der Waals surface area contributed by atoms with Crippen molar-refractivity contribution in [2.75, 3.05) is 0 Å². The highest BCUT2D eigenvalue weighted by Crippen LogP contribution is 2.28. The number of urea groups is 2. The van der Waals surface area contributed by atoms with Crippen LogP contribution < -0.4 is 20.1 Å². The van der Waals surface area contributed by atoms with Gasteiger partial charge in [0.05, 0.1) is 0 Å². The summed E-state index contributed by atoms with van der Waals surface area (Å²) in [7, 11) is -12.5. The van der Waals surface area contributed by atoms with Crippen molar-refractivity contribution < 1.29 is 52.8 Å². The third-order valence-corrected chi connectivity index (χ3v) is 6.21. The Morgan fingerprint density at radius 2 is 0.857 bits per heavy atom. The van der Waals surface area contributed by atoms with Gasteiger partial charge in [-0.15, -0.1) is 0 Å². The lowest BCUT2D eigenvalue weighted by Crippen LogP contribution is -2.63. The molecule has 0 aliphatic carbocycles. The summed E-state index contributed by atoms with van der Waals surface area (Å²) in [6.07, 6.45) is 0. The van der Waals surface area contributed by atoms with Crippen LogP contribution in [0.3, 0.4) is 0 Å². The molecule has 2 aromatic carbocycles. The van der Waals surface area contributed by atoms with Crippen molar-refractivity contribution in [2.24, 2.45) is 0 Å². The second-order valence-corrected chi connectivity index (χ2v) is 9.84. The van der Waals surface area contributed by atoms with E-state index in [4.69, 9.17) is 0 Å². The zero-order chi connectivity index (χ0) is 26.7. The Kier molecular flexibility index (Phi) is 7.60. The van der Waals surface area contributed by atoms with E-state index in [0.717, 1.165) is 24.3 Å². The highest BCUT2D eigenvalue weighted by molar-refractivity contribution is 7.91. The van der Waals surface area contributed by atoms with Crippen LogP contribution in [0.2, 0.25) is 0 Å². The van der Waals surface area contributed by atoms with Gasteiger partial charge >= 0.3 is 43.1 Å². The number of carbonyl (C=O) groups is 2. The fourth-order valence-corrected chi connectivity index (χ4v) is 3.44. The van der Waals surface area contributed by atoms with E-state index in [1.807, 2.05) is 0 Å². The summed E-state index contributed by atoms with van der Waals surface area (Å²) in [6, 6.07) is 8.53. The molecule has 0 spiro atoms. The highest BCUT2D eigenvalue weighted by Gasteiger charge is 2.50. The van der Waals surface area contributed by atoms with Gasteiger partial charge < -0.3 is 10.6 Å². The van der Waals surface area contributed by atoms with Crippen molar-refractivity contribution >= 4 is 32.1 Å². The Morgan fingerprint density at radius 1 is 0.571 bits per heavy atom. The molecular formula is C17H14F6N4O6S2. The van der Waals surface area contributed by atoms with Gasteiger partial charge in [0, 0.05) is 11.1 Å². The third kappa shape index (κ3) is 6.32. The predicted molar refractivity (Wildman–Crippen MR) is 107 cm³/mol. The maximum Gasteiger partial charge on any atom is 0.516 e. The number of hydrogen-bond donors (Lipinski definition) is 4. The van der Waals surface area contributed by atoms with Crippen LogP contribution in [0.1, 0.15) is 11.1 Å². The Bertz CT molecular complexity index is 1180. The maximum atomic E-state index is 12.7. The molecule has 0 atom stereocenters. The van der Waals surface area contributed by atoms with Crippen LogP contribution in [-0.2, 0) is 25.7 Å². The maximum absolute atomic E-state index is 12.7. The van der Waals surface area contributed by atoms with Crippen LogP contribution in [0.25, 0.3) is 0 Å². The van der Waals surface area contributed by atoms with Crippen molar-refractivity contribution in [3.63, 3.8) is 0 Å². The quantitative estimate of drug-likeness (QED) is 0.321. The number of hydrogen-bond acceptors (Lipinski definition) is 6. The summed E-state index contributed by atoms with van der Waals surface area (Å²) in [5, 5.41) is 3.54. The lowest BCUT2D eigenvalue weighted by molar-refractivity contribution is -0.0449. The molecule has 0 bridgehead atoms. The molecule has 0 saturated heterocycles. The summed E-state index contributed by atoms with van der Waals surface area (Å²) < 4.78 is 123. The van der Waals surface area contributed by atoms with Crippen LogP contribution >= 0.6 is 0 Å². The number of nitrogens with one attached hydrogen (secondary N) is 4. The lowest BCUT2D eigenvalue weighted by Gasteiger charge is -2.36. The molecule has 2 aromatic rings. The molecule has 35 heavy (non-hydrogen) atoms. The fraction of sp³-hybridized carbons (Fsp3) is 0.176. The van der Waals surface area contributed by atoms with E-state index in [9.17, 15) is 52.8 Å².